The van der Waals surface area contributed by atoms with Crippen LogP contribution in [-0.4, -0.2) is 31.4 Å². The van der Waals surface area contributed by atoms with E-state index in [1.165, 1.54) is 7.11 Å². The first-order chi connectivity index (χ1) is 8.14. The third-order valence-corrected chi connectivity index (χ3v) is 3.53. The quantitative estimate of drug-likeness (QED) is 0.839. The fourth-order valence-electron chi connectivity index (χ4n) is 2.09. The number of aliphatic hydroxyl groups excluding tert-OH is 1. The summed E-state index contributed by atoms with van der Waals surface area (Å²) in [5.41, 5.74) is 0.568. The van der Waals surface area contributed by atoms with Crippen LogP contribution in [0.4, 0.5) is 0 Å². The highest BCUT2D eigenvalue weighted by molar-refractivity contribution is 9.10. The molecule has 1 aliphatic heterocycles. The van der Waals surface area contributed by atoms with Gasteiger partial charge < -0.3 is 14.6 Å². The molecule has 2 rings (SSSR count). The van der Waals surface area contributed by atoms with Crippen molar-refractivity contribution < 1.29 is 19.4 Å². The zero-order valence-corrected chi connectivity index (χ0v) is 11.0. The molecule has 1 aliphatic rings. The molecule has 0 aliphatic carbocycles. The van der Waals surface area contributed by atoms with Gasteiger partial charge in [0.05, 0.1) is 26.9 Å². The minimum absolute atomic E-state index is 0.139. The Bertz CT molecular complexity index is 446. The number of carbonyl (C=O) groups is 1. The number of methoxy groups -OCH3 is 1. The Morgan fingerprint density at radius 3 is 3.06 bits per heavy atom. The van der Waals surface area contributed by atoms with E-state index >= 15 is 0 Å². The zero-order chi connectivity index (χ0) is 12.5. The molecular formula is C12H13BrO4. The van der Waals surface area contributed by atoms with E-state index in [4.69, 9.17) is 9.47 Å². The smallest absolute Gasteiger partial charge is 0.321 e. The van der Waals surface area contributed by atoms with Crippen LogP contribution in [0.2, 0.25) is 0 Å². The molecule has 1 atom stereocenters. The number of benzene rings is 1. The van der Waals surface area contributed by atoms with Crippen LogP contribution in [0.3, 0.4) is 0 Å². The summed E-state index contributed by atoms with van der Waals surface area (Å²) in [5.74, 6) is -0.473. The third-order valence-electron chi connectivity index (χ3n) is 3.04. The Morgan fingerprint density at radius 2 is 2.41 bits per heavy atom. The van der Waals surface area contributed by atoms with Gasteiger partial charge in [0.2, 0.25) is 0 Å². The van der Waals surface area contributed by atoms with Crippen molar-refractivity contribution in [2.45, 2.75) is 12.0 Å². The average molecular weight is 301 g/mol. The van der Waals surface area contributed by atoms with E-state index in [-0.39, 0.29) is 13.2 Å². The summed E-state index contributed by atoms with van der Waals surface area (Å²) in [7, 11) is 1.31. The van der Waals surface area contributed by atoms with Crippen LogP contribution >= 0.6 is 15.9 Å². The van der Waals surface area contributed by atoms with Crippen LogP contribution < -0.4 is 0 Å². The van der Waals surface area contributed by atoms with E-state index in [0.717, 1.165) is 15.6 Å². The largest absolute Gasteiger partial charge is 0.468 e. The molecule has 1 aromatic carbocycles. The number of halogens is 1. The first kappa shape index (κ1) is 12.5. The Morgan fingerprint density at radius 1 is 1.65 bits per heavy atom. The molecule has 92 valence electrons. The van der Waals surface area contributed by atoms with Gasteiger partial charge in [0.1, 0.15) is 5.41 Å². The van der Waals surface area contributed by atoms with Gasteiger partial charge in [-0.2, -0.15) is 0 Å². The van der Waals surface area contributed by atoms with Crippen LogP contribution in [-0.2, 0) is 26.3 Å². The lowest BCUT2D eigenvalue weighted by Gasteiger charge is -2.34. The van der Waals surface area contributed by atoms with Crippen LogP contribution in [0.25, 0.3) is 0 Å². The molecule has 0 amide bonds. The number of rotatable bonds is 2. The van der Waals surface area contributed by atoms with Crippen molar-refractivity contribution in [1.29, 1.82) is 0 Å². The molecule has 0 saturated heterocycles. The van der Waals surface area contributed by atoms with Crippen molar-refractivity contribution in [1.82, 2.24) is 0 Å². The van der Waals surface area contributed by atoms with E-state index in [2.05, 4.69) is 15.9 Å². The maximum absolute atomic E-state index is 11.9. The van der Waals surface area contributed by atoms with Gasteiger partial charge in [-0.25, -0.2) is 0 Å². The third kappa shape index (κ3) is 1.99. The van der Waals surface area contributed by atoms with E-state index in [0.29, 0.717) is 6.61 Å². The molecule has 1 N–H and O–H groups in total. The van der Waals surface area contributed by atoms with Crippen LogP contribution in [0.1, 0.15) is 11.1 Å². The normalized spacial score (nSPS) is 23.0. The van der Waals surface area contributed by atoms with Crippen molar-refractivity contribution in [3.63, 3.8) is 0 Å². The number of aliphatic hydroxyl groups is 1. The van der Waals surface area contributed by atoms with Crippen LogP contribution in [0.15, 0.2) is 22.7 Å². The topological polar surface area (TPSA) is 55.8 Å². The van der Waals surface area contributed by atoms with Crippen LogP contribution in [0, 0.1) is 0 Å². The van der Waals surface area contributed by atoms with Gasteiger partial charge in [-0.3, -0.25) is 4.79 Å². The summed E-state index contributed by atoms with van der Waals surface area (Å²) in [5, 5.41) is 9.58. The van der Waals surface area contributed by atoms with E-state index in [9.17, 15) is 9.90 Å². The minimum atomic E-state index is -1.11. The van der Waals surface area contributed by atoms with E-state index in [1.807, 2.05) is 18.2 Å². The zero-order valence-electron chi connectivity index (χ0n) is 9.40. The van der Waals surface area contributed by atoms with E-state index in [1.54, 1.807) is 0 Å². The maximum atomic E-state index is 11.9. The highest BCUT2D eigenvalue weighted by Gasteiger charge is 2.45. The Labute approximate surface area is 108 Å². The fraction of sp³-hybridized carbons (Fsp3) is 0.417. The summed E-state index contributed by atoms with van der Waals surface area (Å²) in [4.78, 5) is 11.9. The van der Waals surface area contributed by atoms with E-state index < -0.39 is 11.4 Å². The summed E-state index contributed by atoms with van der Waals surface area (Å²) >= 11 is 3.37. The SMILES string of the molecule is COC(=O)C1(CO)COCc2ccc(Br)cc21. The molecule has 0 radical (unpaired) electrons. The summed E-state index contributed by atoms with van der Waals surface area (Å²) in [6.07, 6.45) is 0. The monoisotopic (exact) mass is 300 g/mol. The van der Waals surface area contributed by atoms with Crippen molar-refractivity contribution in [2.24, 2.45) is 0 Å². The molecule has 4 nitrogen and oxygen atoms in total. The second-order valence-electron chi connectivity index (χ2n) is 4.03. The lowest BCUT2D eigenvalue weighted by atomic mass is 9.78. The minimum Gasteiger partial charge on any atom is -0.468 e. The molecule has 5 heteroatoms. The first-order valence-electron chi connectivity index (χ1n) is 5.20. The van der Waals surface area contributed by atoms with Gasteiger partial charge in [0.15, 0.2) is 0 Å². The number of esters is 1. The molecule has 0 aromatic heterocycles. The lowest BCUT2D eigenvalue weighted by molar-refractivity contribution is -0.154. The number of fused-ring (bicyclic) bond motifs is 1. The molecule has 1 unspecified atom stereocenters. The lowest BCUT2D eigenvalue weighted by Crippen LogP contribution is -2.47. The molecular weight excluding hydrogens is 288 g/mol. The van der Waals surface area contributed by atoms with Gasteiger partial charge in [0, 0.05) is 4.47 Å². The Balaban J connectivity index is 2.58. The van der Waals surface area contributed by atoms with Gasteiger partial charge in [-0.05, 0) is 23.3 Å². The molecule has 0 bridgehead atoms. The number of hydrogen-bond acceptors (Lipinski definition) is 4. The summed E-state index contributed by atoms with van der Waals surface area (Å²) < 4.78 is 11.0. The highest BCUT2D eigenvalue weighted by Crippen LogP contribution is 2.35. The van der Waals surface area contributed by atoms with Crippen molar-refractivity contribution in [3.05, 3.63) is 33.8 Å². The van der Waals surface area contributed by atoms with Crippen molar-refractivity contribution in [2.75, 3.05) is 20.3 Å². The van der Waals surface area contributed by atoms with Gasteiger partial charge in [-0.15, -0.1) is 0 Å². The average Bonchev–Trinajstić information content (AvgIpc) is 2.37. The number of ether oxygens (including phenoxy) is 2. The second kappa shape index (κ2) is 4.76. The molecule has 0 fully saturated rings. The molecule has 17 heavy (non-hydrogen) atoms. The molecule has 0 saturated carbocycles. The van der Waals surface area contributed by atoms with Gasteiger partial charge >= 0.3 is 5.97 Å². The predicted octanol–water partition coefficient (Wildman–Crippen LogP) is 1.38. The number of hydrogen-bond donors (Lipinski definition) is 1. The fourth-order valence-corrected chi connectivity index (χ4v) is 2.45. The summed E-state index contributed by atoms with van der Waals surface area (Å²) in [6.45, 7) is 0.254. The summed E-state index contributed by atoms with van der Waals surface area (Å²) in [6, 6.07) is 5.60. The molecule has 1 heterocycles. The van der Waals surface area contributed by atoms with Crippen molar-refractivity contribution in [3.8, 4) is 0 Å². The van der Waals surface area contributed by atoms with Crippen LogP contribution in [0.5, 0.6) is 0 Å². The maximum Gasteiger partial charge on any atom is 0.321 e. The molecule has 1 aromatic rings. The standard InChI is InChI=1S/C12H13BrO4/c1-16-11(15)12(6-14)7-17-5-8-2-3-9(13)4-10(8)12/h2-4,14H,5-7H2,1H3. The highest BCUT2D eigenvalue weighted by atomic mass is 79.9. The molecule has 0 spiro atoms. The predicted molar refractivity (Wildman–Crippen MR) is 64.6 cm³/mol. The Kier molecular flexibility index (Phi) is 3.51. The second-order valence-corrected chi connectivity index (χ2v) is 4.94. The number of carbonyl (C=O) groups excluding carboxylic acids is 1. The Hall–Kier alpha value is -0.910. The van der Waals surface area contributed by atoms with Crippen molar-refractivity contribution >= 4 is 21.9 Å². The van der Waals surface area contributed by atoms with Gasteiger partial charge in [-0.1, -0.05) is 22.0 Å². The van der Waals surface area contributed by atoms with Gasteiger partial charge in [0.25, 0.3) is 0 Å². The first-order valence-corrected chi connectivity index (χ1v) is 5.99.